The molecule has 0 amide bonds. The highest BCUT2D eigenvalue weighted by molar-refractivity contribution is 9.10. The lowest BCUT2D eigenvalue weighted by Crippen LogP contribution is -2.10. The summed E-state index contributed by atoms with van der Waals surface area (Å²) in [5.41, 5.74) is 2.52. The first-order chi connectivity index (χ1) is 11.4. The summed E-state index contributed by atoms with van der Waals surface area (Å²) in [5, 5.41) is 8.86. The van der Waals surface area contributed by atoms with Gasteiger partial charge in [0, 0.05) is 4.47 Å². The van der Waals surface area contributed by atoms with E-state index in [1.165, 1.54) is 12.1 Å². The maximum absolute atomic E-state index is 10.8. The second-order valence-electron chi connectivity index (χ2n) is 5.82. The lowest BCUT2D eigenvalue weighted by Gasteiger charge is -2.16. The van der Waals surface area contributed by atoms with E-state index in [2.05, 4.69) is 35.8 Å². The molecule has 0 atom stereocenters. The number of benzene rings is 2. The molecule has 0 aliphatic heterocycles. The monoisotopic (exact) mass is 392 g/mol. The van der Waals surface area contributed by atoms with Crippen molar-refractivity contribution in [2.24, 2.45) is 0 Å². The number of aromatic carboxylic acids is 1. The van der Waals surface area contributed by atoms with E-state index in [1.807, 2.05) is 13.0 Å². The first-order valence-electron chi connectivity index (χ1n) is 7.77. The standard InChI is InChI=1S/C19H21BrO4/c1-12(2)16-11-17(20)13(3)10-18(16)24-9-8-23-15-6-4-14(5-7-15)19(21)22/h4-7,10-12H,8-9H2,1-3H3,(H,21,22). The molecule has 0 heterocycles. The molecule has 0 unspecified atom stereocenters. The van der Waals surface area contributed by atoms with Crippen LogP contribution in [0.5, 0.6) is 11.5 Å². The molecular formula is C19H21BrO4. The first-order valence-corrected chi connectivity index (χ1v) is 8.56. The van der Waals surface area contributed by atoms with Gasteiger partial charge in [0.05, 0.1) is 5.56 Å². The van der Waals surface area contributed by atoms with Gasteiger partial charge in [0.25, 0.3) is 0 Å². The van der Waals surface area contributed by atoms with Gasteiger partial charge in [-0.05, 0) is 60.4 Å². The maximum Gasteiger partial charge on any atom is 0.335 e. The van der Waals surface area contributed by atoms with Gasteiger partial charge in [0.2, 0.25) is 0 Å². The van der Waals surface area contributed by atoms with Gasteiger partial charge in [-0.1, -0.05) is 29.8 Å². The van der Waals surface area contributed by atoms with E-state index in [0.29, 0.717) is 24.9 Å². The van der Waals surface area contributed by atoms with E-state index in [-0.39, 0.29) is 5.56 Å². The first kappa shape index (κ1) is 18.3. The van der Waals surface area contributed by atoms with Crippen LogP contribution in [0.2, 0.25) is 0 Å². The minimum atomic E-state index is -0.947. The molecule has 2 aromatic carbocycles. The average molecular weight is 393 g/mol. The highest BCUT2D eigenvalue weighted by Crippen LogP contribution is 2.32. The average Bonchev–Trinajstić information content (AvgIpc) is 2.54. The Morgan fingerprint density at radius 3 is 2.33 bits per heavy atom. The van der Waals surface area contributed by atoms with Gasteiger partial charge in [0.1, 0.15) is 24.7 Å². The molecule has 24 heavy (non-hydrogen) atoms. The minimum Gasteiger partial charge on any atom is -0.490 e. The highest BCUT2D eigenvalue weighted by Gasteiger charge is 2.11. The van der Waals surface area contributed by atoms with Crippen molar-refractivity contribution in [1.29, 1.82) is 0 Å². The Labute approximate surface area is 150 Å². The quantitative estimate of drug-likeness (QED) is 0.670. The van der Waals surface area contributed by atoms with Crippen molar-refractivity contribution in [2.45, 2.75) is 26.7 Å². The van der Waals surface area contributed by atoms with Gasteiger partial charge < -0.3 is 14.6 Å². The number of ether oxygens (including phenoxy) is 2. The fourth-order valence-electron chi connectivity index (χ4n) is 2.25. The third-order valence-electron chi connectivity index (χ3n) is 3.62. The smallest absolute Gasteiger partial charge is 0.335 e. The fourth-order valence-corrected chi connectivity index (χ4v) is 2.61. The lowest BCUT2D eigenvalue weighted by molar-refractivity contribution is 0.0697. The molecule has 1 N–H and O–H groups in total. The number of hydrogen-bond acceptors (Lipinski definition) is 3. The van der Waals surface area contributed by atoms with Crippen molar-refractivity contribution in [3.8, 4) is 11.5 Å². The molecule has 2 aromatic rings. The summed E-state index contributed by atoms with van der Waals surface area (Å²) in [7, 11) is 0. The van der Waals surface area contributed by atoms with Crippen molar-refractivity contribution in [3.05, 3.63) is 57.6 Å². The van der Waals surface area contributed by atoms with Crippen LogP contribution in [-0.2, 0) is 0 Å². The van der Waals surface area contributed by atoms with E-state index in [9.17, 15) is 4.79 Å². The van der Waals surface area contributed by atoms with Gasteiger partial charge >= 0.3 is 5.97 Å². The van der Waals surface area contributed by atoms with Gasteiger partial charge in [-0.2, -0.15) is 0 Å². The molecule has 0 spiro atoms. The summed E-state index contributed by atoms with van der Waals surface area (Å²) in [6.07, 6.45) is 0. The van der Waals surface area contributed by atoms with E-state index >= 15 is 0 Å². The van der Waals surface area contributed by atoms with Crippen LogP contribution in [0.3, 0.4) is 0 Å². The van der Waals surface area contributed by atoms with E-state index in [0.717, 1.165) is 21.3 Å². The van der Waals surface area contributed by atoms with Crippen molar-refractivity contribution in [1.82, 2.24) is 0 Å². The van der Waals surface area contributed by atoms with Crippen LogP contribution >= 0.6 is 15.9 Å². The van der Waals surface area contributed by atoms with Crippen LogP contribution in [-0.4, -0.2) is 24.3 Å². The van der Waals surface area contributed by atoms with Gasteiger partial charge in [-0.3, -0.25) is 0 Å². The Balaban J connectivity index is 1.92. The Morgan fingerprint density at radius 2 is 1.75 bits per heavy atom. The van der Waals surface area contributed by atoms with Crippen molar-refractivity contribution >= 4 is 21.9 Å². The molecule has 4 nitrogen and oxygen atoms in total. The molecule has 0 saturated carbocycles. The SMILES string of the molecule is Cc1cc(OCCOc2ccc(C(=O)O)cc2)c(C(C)C)cc1Br. The summed E-state index contributed by atoms with van der Waals surface area (Å²) in [4.78, 5) is 10.8. The normalized spacial score (nSPS) is 10.7. The molecule has 0 aliphatic rings. The van der Waals surface area contributed by atoms with Crippen LogP contribution in [0.15, 0.2) is 40.9 Å². The summed E-state index contributed by atoms with van der Waals surface area (Å²) in [5.74, 6) is 0.910. The highest BCUT2D eigenvalue weighted by atomic mass is 79.9. The summed E-state index contributed by atoms with van der Waals surface area (Å²) in [6, 6.07) is 10.5. The van der Waals surface area contributed by atoms with Crippen molar-refractivity contribution in [2.75, 3.05) is 13.2 Å². The largest absolute Gasteiger partial charge is 0.490 e. The molecule has 5 heteroatoms. The lowest BCUT2D eigenvalue weighted by atomic mass is 10.0. The number of hydrogen-bond donors (Lipinski definition) is 1. The van der Waals surface area contributed by atoms with Crippen LogP contribution in [0.1, 0.15) is 41.3 Å². The zero-order chi connectivity index (χ0) is 17.7. The minimum absolute atomic E-state index is 0.241. The molecule has 0 saturated heterocycles. The molecule has 0 aliphatic carbocycles. The molecule has 0 radical (unpaired) electrons. The summed E-state index contributed by atoms with van der Waals surface area (Å²) < 4.78 is 12.5. The van der Waals surface area contributed by atoms with Crippen molar-refractivity contribution in [3.63, 3.8) is 0 Å². The molecular weight excluding hydrogens is 372 g/mol. The number of aryl methyl sites for hydroxylation is 1. The number of halogens is 1. The summed E-state index contributed by atoms with van der Waals surface area (Å²) in [6.45, 7) is 7.09. The van der Waals surface area contributed by atoms with Crippen LogP contribution in [0.4, 0.5) is 0 Å². The number of carbonyl (C=O) groups is 1. The Hall–Kier alpha value is -2.01. The Bertz CT molecular complexity index is 708. The summed E-state index contributed by atoms with van der Waals surface area (Å²) >= 11 is 3.55. The second kappa shape index (κ2) is 8.20. The Kier molecular flexibility index (Phi) is 6.26. The topological polar surface area (TPSA) is 55.8 Å². The van der Waals surface area contributed by atoms with E-state index < -0.39 is 5.97 Å². The van der Waals surface area contributed by atoms with Gasteiger partial charge in [0.15, 0.2) is 0 Å². The number of carboxylic acids is 1. The molecule has 0 bridgehead atoms. The fraction of sp³-hybridized carbons (Fsp3) is 0.316. The van der Waals surface area contributed by atoms with Crippen LogP contribution in [0.25, 0.3) is 0 Å². The van der Waals surface area contributed by atoms with Crippen molar-refractivity contribution < 1.29 is 19.4 Å². The molecule has 0 fully saturated rings. The zero-order valence-corrected chi connectivity index (χ0v) is 15.6. The van der Waals surface area contributed by atoms with Crippen LogP contribution < -0.4 is 9.47 Å². The molecule has 128 valence electrons. The van der Waals surface area contributed by atoms with Gasteiger partial charge in [-0.15, -0.1) is 0 Å². The van der Waals surface area contributed by atoms with Crippen LogP contribution in [0, 0.1) is 6.92 Å². The maximum atomic E-state index is 10.8. The zero-order valence-electron chi connectivity index (χ0n) is 14.0. The second-order valence-corrected chi connectivity index (χ2v) is 6.67. The third-order valence-corrected chi connectivity index (χ3v) is 4.48. The molecule has 2 rings (SSSR count). The van der Waals surface area contributed by atoms with Gasteiger partial charge in [-0.25, -0.2) is 4.79 Å². The number of carboxylic acid groups (broad SMARTS) is 1. The van der Waals surface area contributed by atoms with E-state index in [4.69, 9.17) is 14.6 Å². The molecule has 0 aromatic heterocycles. The number of rotatable bonds is 7. The van der Waals surface area contributed by atoms with E-state index in [1.54, 1.807) is 12.1 Å². The Morgan fingerprint density at radius 1 is 1.12 bits per heavy atom. The third kappa shape index (κ3) is 4.74. The predicted molar refractivity (Wildman–Crippen MR) is 97.4 cm³/mol. The predicted octanol–water partition coefficient (Wildman–Crippen LogP) is 5.04.